The van der Waals surface area contributed by atoms with Gasteiger partial charge in [-0.3, -0.25) is 14.5 Å². The van der Waals surface area contributed by atoms with Crippen LogP contribution in [0.15, 0.2) is 36.8 Å². The molecule has 10 heteroatoms. The molecule has 34 heavy (non-hydrogen) atoms. The van der Waals surface area contributed by atoms with Crippen LogP contribution in [0, 0.1) is 5.82 Å². The highest BCUT2D eigenvalue weighted by Crippen LogP contribution is 2.29. The van der Waals surface area contributed by atoms with Gasteiger partial charge in [0, 0.05) is 62.8 Å². The summed E-state index contributed by atoms with van der Waals surface area (Å²) in [6.07, 6.45) is 7.35. The van der Waals surface area contributed by atoms with Crippen LogP contribution in [0.1, 0.15) is 44.8 Å². The number of hydrogen-bond acceptors (Lipinski definition) is 6. The lowest BCUT2D eigenvalue weighted by Crippen LogP contribution is -2.47. The fourth-order valence-corrected chi connectivity index (χ4v) is 4.57. The Hall–Kier alpha value is -2.81. The second-order valence-electron chi connectivity index (χ2n) is 8.59. The number of nitrogens with one attached hydrogen (secondary N) is 1. The van der Waals surface area contributed by atoms with Crippen molar-refractivity contribution in [2.45, 2.75) is 25.3 Å². The lowest BCUT2D eigenvalue weighted by molar-refractivity contribution is 0.0988. The molecule has 0 atom stereocenters. The average molecular weight is 502 g/mol. The van der Waals surface area contributed by atoms with Gasteiger partial charge in [-0.25, -0.2) is 14.4 Å². The highest BCUT2D eigenvalue weighted by atomic mass is 35.5. The third-order valence-corrected chi connectivity index (χ3v) is 6.84. The molecule has 1 saturated carbocycles. The van der Waals surface area contributed by atoms with E-state index in [1.807, 2.05) is 0 Å². The number of carbonyl (C=O) groups excluding carboxylic acids is 2. The first-order chi connectivity index (χ1) is 16.4. The van der Waals surface area contributed by atoms with Crippen LogP contribution in [-0.2, 0) is 6.42 Å². The fourth-order valence-electron chi connectivity index (χ4n) is 4.18. The summed E-state index contributed by atoms with van der Waals surface area (Å²) in [5, 5.41) is -0.250. The van der Waals surface area contributed by atoms with Crippen molar-refractivity contribution in [3.05, 3.63) is 75.0 Å². The number of piperazine rings is 1. The van der Waals surface area contributed by atoms with Crippen LogP contribution < -0.4 is 4.90 Å². The molecule has 0 amide bonds. The van der Waals surface area contributed by atoms with E-state index < -0.39 is 11.6 Å². The van der Waals surface area contributed by atoms with E-state index in [0.29, 0.717) is 11.5 Å². The van der Waals surface area contributed by atoms with Gasteiger partial charge in [-0.05, 0) is 36.6 Å². The van der Waals surface area contributed by atoms with E-state index in [9.17, 15) is 14.0 Å². The average Bonchev–Trinajstić information content (AvgIpc) is 3.58. The molecule has 2 aliphatic rings. The van der Waals surface area contributed by atoms with Crippen molar-refractivity contribution in [3.63, 3.8) is 0 Å². The van der Waals surface area contributed by atoms with Gasteiger partial charge in [-0.15, -0.1) is 0 Å². The zero-order chi connectivity index (χ0) is 23.8. The van der Waals surface area contributed by atoms with Crippen molar-refractivity contribution >= 4 is 40.7 Å². The second kappa shape index (κ2) is 9.44. The number of ketones is 2. The number of aromatic nitrogens is 3. The van der Waals surface area contributed by atoms with Gasteiger partial charge in [-0.2, -0.15) is 0 Å². The van der Waals surface area contributed by atoms with Crippen LogP contribution in [0.25, 0.3) is 0 Å². The van der Waals surface area contributed by atoms with Gasteiger partial charge in [0.25, 0.3) is 0 Å². The summed E-state index contributed by atoms with van der Waals surface area (Å²) in [6, 6.07) is 4.79. The molecule has 1 aromatic carbocycles. The first-order valence-electron chi connectivity index (χ1n) is 11.1. The van der Waals surface area contributed by atoms with Gasteiger partial charge < -0.3 is 9.88 Å². The molecule has 176 valence electrons. The van der Waals surface area contributed by atoms with Crippen LogP contribution in [0.5, 0.6) is 0 Å². The predicted molar refractivity (Wildman–Crippen MR) is 128 cm³/mol. The minimum Gasteiger partial charge on any atom is -0.358 e. The van der Waals surface area contributed by atoms with E-state index >= 15 is 0 Å². The van der Waals surface area contributed by atoms with Crippen LogP contribution in [0.2, 0.25) is 10.0 Å². The molecule has 0 unspecified atom stereocenters. The zero-order valence-corrected chi connectivity index (χ0v) is 19.7. The van der Waals surface area contributed by atoms with Crippen molar-refractivity contribution in [1.82, 2.24) is 19.9 Å². The molecular formula is C24H22Cl2FN5O2. The molecular weight excluding hydrogens is 480 g/mol. The predicted octanol–water partition coefficient (Wildman–Crippen LogP) is 4.19. The van der Waals surface area contributed by atoms with Crippen molar-refractivity contribution < 1.29 is 14.0 Å². The third kappa shape index (κ3) is 4.71. The van der Waals surface area contributed by atoms with Crippen LogP contribution in [0.4, 0.5) is 10.3 Å². The first-order valence-corrected chi connectivity index (χ1v) is 11.9. The van der Waals surface area contributed by atoms with Gasteiger partial charge in [0.1, 0.15) is 0 Å². The summed E-state index contributed by atoms with van der Waals surface area (Å²) < 4.78 is 14.3. The zero-order valence-electron chi connectivity index (χ0n) is 18.2. The number of halogens is 3. The molecule has 3 aromatic rings. The molecule has 1 saturated heterocycles. The summed E-state index contributed by atoms with van der Waals surface area (Å²) in [5.74, 6) is -1.12. The van der Waals surface area contributed by atoms with E-state index in [1.165, 1.54) is 37.2 Å². The van der Waals surface area contributed by atoms with Crippen molar-refractivity contribution in [2.24, 2.45) is 0 Å². The number of hydrogen-bond donors (Lipinski definition) is 1. The van der Waals surface area contributed by atoms with E-state index in [-0.39, 0.29) is 39.1 Å². The van der Waals surface area contributed by atoms with Gasteiger partial charge in [0.05, 0.1) is 21.3 Å². The van der Waals surface area contributed by atoms with E-state index in [2.05, 4.69) is 24.8 Å². The number of rotatable bonds is 7. The Morgan fingerprint density at radius 3 is 2.41 bits per heavy atom. The van der Waals surface area contributed by atoms with E-state index in [4.69, 9.17) is 23.2 Å². The number of H-pyrrole nitrogens is 1. The second-order valence-corrected chi connectivity index (χ2v) is 9.41. The number of aromatic amines is 1. The Bertz CT molecular complexity index is 1230. The maximum atomic E-state index is 14.3. The minimum atomic E-state index is -0.889. The first kappa shape index (κ1) is 23.0. The van der Waals surface area contributed by atoms with Crippen molar-refractivity contribution in [3.8, 4) is 0 Å². The molecule has 0 bridgehead atoms. The summed E-state index contributed by atoms with van der Waals surface area (Å²) in [5.41, 5.74) is 0.677. The standard InChI is InChI=1S/C24H22Cl2FN5O2/c25-17-3-4-18(26)22(27)21(17)23(34)15-10-19(28-13-15)20(33)9-14-11-29-24(30-12-14)32-7-5-31(6-8-32)16-1-2-16/h3-4,10-13,16,28H,1-2,5-9H2. The monoisotopic (exact) mass is 501 g/mol. The van der Waals surface area contributed by atoms with E-state index in [1.54, 1.807) is 12.4 Å². The van der Waals surface area contributed by atoms with Crippen LogP contribution >= 0.6 is 23.2 Å². The Kier molecular flexibility index (Phi) is 6.38. The maximum Gasteiger partial charge on any atom is 0.225 e. The molecule has 3 heterocycles. The third-order valence-electron chi connectivity index (χ3n) is 6.23. The highest BCUT2D eigenvalue weighted by molar-refractivity contribution is 6.37. The van der Waals surface area contributed by atoms with Gasteiger partial charge in [0.2, 0.25) is 5.95 Å². The lowest BCUT2D eigenvalue weighted by atomic mass is 10.0. The highest BCUT2D eigenvalue weighted by Gasteiger charge is 2.31. The topological polar surface area (TPSA) is 82.2 Å². The summed E-state index contributed by atoms with van der Waals surface area (Å²) >= 11 is 11.8. The van der Waals surface area contributed by atoms with Crippen LogP contribution in [-0.4, -0.2) is 63.6 Å². The fraction of sp³-hybridized carbons (Fsp3) is 0.333. The SMILES string of the molecule is O=C(Cc1cnc(N2CCN(C3CC3)CC2)nc1)c1cc(C(=O)c2c(Cl)ccc(Cl)c2F)c[nH]1. The Labute approximate surface area is 205 Å². The van der Waals surface area contributed by atoms with Crippen molar-refractivity contribution in [1.29, 1.82) is 0 Å². The molecule has 0 spiro atoms. The lowest BCUT2D eigenvalue weighted by Gasteiger charge is -2.34. The summed E-state index contributed by atoms with van der Waals surface area (Å²) in [4.78, 5) is 41.8. The number of carbonyl (C=O) groups is 2. The van der Waals surface area contributed by atoms with Gasteiger partial charge >= 0.3 is 0 Å². The largest absolute Gasteiger partial charge is 0.358 e. The molecule has 1 aliphatic carbocycles. The minimum absolute atomic E-state index is 0.0489. The van der Waals surface area contributed by atoms with Gasteiger partial charge in [-0.1, -0.05) is 23.2 Å². The number of nitrogens with zero attached hydrogens (tertiary/aromatic N) is 4. The Morgan fingerprint density at radius 1 is 1.06 bits per heavy atom. The molecule has 7 nitrogen and oxygen atoms in total. The smallest absolute Gasteiger partial charge is 0.225 e. The molecule has 2 fully saturated rings. The normalized spacial score (nSPS) is 16.6. The number of benzene rings is 1. The maximum absolute atomic E-state index is 14.3. The van der Waals surface area contributed by atoms with Crippen LogP contribution in [0.3, 0.4) is 0 Å². The summed E-state index contributed by atoms with van der Waals surface area (Å²) in [7, 11) is 0. The quantitative estimate of drug-likeness (QED) is 0.386. The van der Waals surface area contributed by atoms with Gasteiger partial charge in [0.15, 0.2) is 17.4 Å². The number of anilines is 1. The Morgan fingerprint density at radius 2 is 1.74 bits per heavy atom. The molecule has 0 radical (unpaired) electrons. The molecule has 1 N–H and O–H groups in total. The molecule has 2 aromatic heterocycles. The van der Waals surface area contributed by atoms with E-state index in [0.717, 1.165) is 32.2 Å². The molecule has 1 aliphatic heterocycles. The Balaban J connectivity index is 1.22. The summed E-state index contributed by atoms with van der Waals surface area (Å²) in [6.45, 7) is 3.83. The number of Topliss-reactive ketones (excluding diaryl/α,β-unsaturated/α-hetero) is 1. The van der Waals surface area contributed by atoms with Crippen molar-refractivity contribution in [2.75, 3.05) is 31.1 Å². The molecule has 5 rings (SSSR count).